The molecule has 6 nitrogen and oxygen atoms in total. The largest absolute Gasteiger partial charge is 0.497 e. The van der Waals surface area contributed by atoms with Crippen LogP contribution in [0.15, 0.2) is 18.2 Å². The Morgan fingerprint density at radius 1 is 1.26 bits per heavy atom. The molecule has 1 unspecified atom stereocenters. The fourth-order valence-corrected chi connectivity index (χ4v) is 2.62. The third-order valence-corrected chi connectivity index (χ3v) is 3.99. The quantitative estimate of drug-likeness (QED) is 0.920. The number of nitrogens with one attached hydrogen (secondary N) is 1. The summed E-state index contributed by atoms with van der Waals surface area (Å²) >= 11 is 0. The van der Waals surface area contributed by atoms with E-state index in [9.17, 15) is 4.79 Å². The first kappa shape index (κ1) is 16.9. The molecule has 2 rings (SSSR count). The Morgan fingerprint density at radius 3 is 2.48 bits per heavy atom. The number of aryl methyl sites for hydroxylation is 2. The van der Waals surface area contributed by atoms with E-state index in [1.54, 1.807) is 25.0 Å². The lowest BCUT2D eigenvalue weighted by atomic mass is 10.1. The zero-order valence-corrected chi connectivity index (χ0v) is 14.4. The van der Waals surface area contributed by atoms with Crippen LogP contribution < -0.4 is 14.8 Å². The monoisotopic (exact) mass is 317 g/mol. The summed E-state index contributed by atoms with van der Waals surface area (Å²) in [6.45, 7) is 5.64. The van der Waals surface area contributed by atoms with Crippen molar-refractivity contribution in [3.63, 3.8) is 0 Å². The summed E-state index contributed by atoms with van der Waals surface area (Å²) in [7, 11) is 5.03. The van der Waals surface area contributed by atoms with Crippen LogP contribution >= 0.6 is 0 Å². The SMILES string of the molecule is COc1ccc(C(C)NC(=O)c2c(C)nn(C)c2C)c(OC)c1. The van der Waals surface area contributed by atoms with Crippen LogP contribution in [0.2, 0.25) is 0 Å². The Labute approximate surface area is 136 Å². The first-order chi connectivity index (χ1) is 10.9. The highest BCUT2D eigenvalue weighted by molar-refractivity contribution is 5.96. The van der Waals surface area contributed by atoms with Crippen LogP contribution in [-0.4, -0.2) is 29.9 Å². The number of carbonyl (C=O) groups is 1. The standard InChI is InChI=1S/C17H23N3O3/c1-10(14-8-7-13(22-5)9-15(14)23-6)18-17(21)16-11(2)19-20(4)12(16)3/h7-10H,1-6H3,(H,18,21). The Kier molecular flexibility index (Phi) is 4.93. The van der Waals surface area contributed by atoms with E-state index in [1.165, 1.54) is 0 Å². The maximum absolute atomic E-state index is 12.6. The molecule has 0 aliphatic heterocycles. The molecule has 23 heavy (non-hydrogen) atoms. The number of hydrogen-bond donors (Lipinski definition) is 1. The van der Waals surface area contributed by atoms with Crippen molar-refractivity contribution in [3.05, 3.63) is 40.7 Å². The third-order valence-electron chi connectivity index (χ3n) is 3.99. The lowest BCUT2D eigenvalue weighted by molar-refractivity contribution is 0.0938. The normalized spacial score (nSPS) is 11.9. The predicted octanol–water partition coefficient (Wildman–Crippen LogP) is 2.55. The van der Waals surface area contributed by atoms with Gasteiger partial charge in [-0.3, -0.25) is 9.48 Å². The number of methoxy groups -OCH3 is 2. The van der Waals surface area contributed by atoms with Gasteiger partial charge in [0.05, 0.1) is 31.5 Å². The summed E-state index contributed by atoms with van der Waals surface area (Å²) < 4.78 is 12.3. The fraction of sp³-hybridized carbons (Fsp3) is 0.412. The van der Waals surface area contributed by atoms with Gasteiger partial charge in [0, 0.05) is 24.4 Å². The number of rotatable bonds is 5. The van der Waals surface area contributed by atoms with Gasteiger partial charge in [-0.15, -0.1) is 0 Å². The lowest BCUT2D eigenvalue weighted by Gasteiger charge is -2.18. The van der Waals surface area contributed by atoms with Crippen LogP contribution in [0.25, 0.3) is 0 Å². The molecule has 0 saturated carbocycles. The number of nitrogens with zero attached hydrogens (tertiary/aromatic N) is 2. The second-order valence-corrected chi connectivity index (χ2v) is 5.47. The lowest BCUT2D eigenvalue weighted by Crippen LogP contribution is -2.27. The summed E-state index contributed by atoms with van der Waals surface area (Å²) in [5.74, 6) is 1.25. The van der Waals surface area contributed by atoms with Crippen molar-refractivity contribution in [3.8, 4) is 11.5 Å². The van der Waals surface area contributed by atoms with Crippen LogP contribution in [0.3, 0.4) is 0 Å². The van der Waals surface area contributed by atoms with Crippen LogP contribution in [0.4, 0.5) is 0 Å². The predicted molar refractivity (Wildman–Crippen MR) is 88.1 cm³/mol. The summed E-state index contributed by atoms with van der Waals surface area (Å²) in [6, 6.07) is 5.34. The van der Waals surface area contributed by atoms with Crippen LogP contribution in [0.1, 0.15) is 40.3 Å². The van der Waals surface area contributed by atoms with Gasteiger partial charge in [0.15, 0.2) is 0 Å². The Bertz CT molecular complexity index is 722. The van der Waals surface area contributed by atoms with Crippen LogP contribution in [0.5, 0.6) is 11.5 Å². The minimum atomic E-state index is -0.206. The summed E-state index contributed by atoms with van der Waals surface area (Å²) in [5.41, 5.74) is 3.07. The van der Waals surface area contributed by atoms with Gasteiger partial charge in [0.25, 0.3) is 5.91 Å². The van der Waals surface area contributed by atoms with E-state index in [1.807, 2.05) is 40.0 Å². The molecular formula is C17H23N3O3. The van der Waals surface area contributed by atoms with Crippen LogP contribution in [-0.2, 0) is 7.05 Å². The molecule has 0 fully saturated rings. The summed E-state index contributed by atoms with van der Waals surface area (Å²) in [4.78, 5) is 12.6. The zero-order valence-electron chi connectivity index (χ0n) is 14.4. The number of amides is 1. The van der Waals surface area contributed by atoms with Crippen molar-refractivity contribution >= 4 is 5.91 Å². The molecule has 1 atom stereocenters. The minimum Gasteiger partial charge on any atom is -0.497 e. The van der Waals surface area contributed by atoms with Gasteiger partial charge in [0.1, 0.15) is 11.5 Å². The maximum atomic E-state index is 12.6. The number of benzene rings is 1. The number of hydrogen-bond acceptors (Lipinski definition) is 4. The van der Waals surface area contributed by atoms with E-state index in [2.05, 4.69) is 10.4 Å². The Hall–Kier alpha value is -2.50. The molecule has 1 aromatic heterocycles. The summed E-state index contributed by atoms with van der Waals surface area (Å²) in [5, 5.41) is 7.29. The minimum absolute atomic E-state index is 0.140. The molecule has 0 saturated heterocycles. The first-order valence-electron chi connectivity index (χ1n) is 7.42. The first-order valence-corrected chi connectivity index (χ1v) is 7.42. The van der Waals surface area contributed by atoms with Gasteiger partial charge in [-0.25, -0.2) is 0 Å². The molecule has 0 radical (unpaired) electrons. The van der Waals surface area contributed by atoms with Crippen molar-refractivity contribution in [2.24, 2.45) is 7.05 Å². The molecule has 0 bridgehead atoms. The van der Waals surface area contributed by atoms with Crippen molar-refractivity contribution in [1.82, 2.24) is 15.1 Å². The van der Waals surface area contributed by atoms with E-state index in [0.717, 1.165) is 17.0 Å². The number of carbonyl (C=O) groups excluding carboxylic acids is 1. The highest BCUT2D eigenvalue weighted by Gasteiger charge is 2.21. The molecule has 0 spiro atoms. The highest BCUT2D eigenvalue weighted by Crippen LogP contribution is 2.29. The second kappa shape index (κ2) is 6.73. The zero-order chi connectivity index (χ0) is 17.1. The summed E-state index contributed by atoms with van der Waals surface area (Å²) in [6.07, 6.45) is 0. The molecule has 0 aliphatic carbocycles. The molecule has 6 heteroatoms. The van der Waals surface area contributed by atoms with Gasteiger partial charge in [-0.05, 0) is 32.9 Å². The van der Waals surface area contributed by atoms with Gasteiger partial charge in [-0.2, -0.15) is 5.10 Å². The Balaban J connectivity index is 2.25. The second-order valence-electron chi connectivity index (χ2n) is 5.47. The van der Waals surface area contributed by atoms with E-state index >= 15 is 0 Å². The molecule has 1 heterocycles. The van der Waals surface area contributed by atoms with Crippen molar-refractivity contribution in [2.45, 2.75) is 26.8 Å². The number of ether oxygens (including phenoxy) is 2. The molecule has 1 aromatic carbocycles. The van der Waals surface area contributed by atoms with Crippen LogP contribution in [0, 0.1) is 13.8 Å². The molecular weight excluding hydrogens is 294 g/mol. The molecule has 2 aromatic rings. The van der Waals surface area contributed by atoms with Crippen molar-refractivity contribution < 1.29 is 14.3 Å². The van der Waals surface area contributed by atoms with E-state index in [4.69, 9.17) is 9.47 Å². The highest BCUT2D eigenvalue weighted by atomic mass is 16.5. The number of aromatic nitrogens is 2. The average molecular weight is 317 g/mol. The van der Waals surface area contributed by atoms with Crippen molar-refractivity contribution in [1.29, 1.82) is 0 Å². The van der Waals surface area contributed by atoms with E-state index < -0.39 is 0 Å². The molecule has 124 valence electrons. The van der Waals surface area contributed by atoms with Gasteiger partial charge in [0.2, 0.25) is 0 Å². The van der Waals surface area contributed by atoms with E-state index in [-0.39, 0.29) is 11.9 Å². The molecule has 0 aliphatic rings. The molecule has 1 N–H and O–H groups in total. The maximum Gasteiger partial charge on any atom is 0.255 e. The average Bonchev–Trinajstić information content (AvgIpc) is 2.79. The topological polar surface area (TPSA) is 65.4 Å². The van der Waals surface area contributed by atoms with Gasteiger partial charge >= 0.3 is 0 Å². The van der Waals surface area contributed by atoms with Gasteiger partial charge in [-0.1, -0.05) is 0 Å². The van der Waals surface area contributed by atoms with Crippen molar-refractivity contribution in [2.75, 3.05) is 14.2 Å². The fourth-order valence-electron chi connectivity index (χ4n) is 2.62. The third kappa shape index (κ3) is 3.31. The smallest absolute Gasteiger partial charge is 0.255 e. The van der Waals surface area contributed by atoms with Gasteiger partial charge < -0.3 is 14.8 Å². The Morgan fingerprint density at radius 2 is 1.96 bits per heavy atom. The van der Waals surface area contributed by atoms with E-state index in [0.29, 0.717) is 17.1 Å². The molecule has 1 amide bonds.